The Hall–Kier alpha value is -1.27. The molecule has 106 valence electrons. The minimum Gasteiger partial charge on any atom is -0.497 e. The van der Waals surface area contributed by atoms with Crippen molar-refractivity contribution in [1.29, 1.82) is 0 Å². The Kier molecular flexibility index (Phi) is 4.88. The molecule has 0 aliphatic carbocycles. The average Bonchev–Trinajstić information content (AvgIpc) is 2.36. The summed E-state index contributed by atoms with van der Waals surface area (Å²) >= 11 is 6.87. The van der Waals surface area contributed by atoms with E-state index in [4.69, 9.17) is 15.2 Å². The van der Waals surface area contributed by atoms with Crippen LogP contribution < -0.4 is 15.2 Å². The summed E-state index contributed by atoms with van der Waals surface area (Å²) in [6.07, 6.45) is 0. The predicted molar refractivity (Wildman–Crippen MR) is 86.1 cm³/mol. The third-order valence-corrected chi connectivity index (χ3v) is 3.78. The summed E-state index contributed by atoms with van der Waals surface area (Å²) in [6, 6.07) is 7.32. The molecule has 2 aromatic rings. The van der Waals surface area contributed by atoms with E-state index in [0.717, 1.165) is 26.1 Å². The number of nitrogens with zero attached hydrogens (tertiary/aromatic N) is 1. The van der Waals surface area contributed by atoms with E-state index in [1.165, 1.54) is 0 Å². The van der Waals surface area contributed by atoms with Crippen LogP contribution in [0.3, 0.4) is 0 Å². The van der Waals surface area contributed by atoms with Crippen molar-refractivity contribution in [2.75, 3.05) is 12.8 Å². The molecule has 2 N–H and O–H groups in total. The average molecular weight is 402 g/mol. The number of rotatable bonds is 4. The fraction of sp³-hybridized carbons (Fsp3) is 0.214. The van der Waals surface area contributed by atoms with E-state index >= 15 is 0 Å². The van der Waals surface area contributed by atoms with Crippen molar-refractivity contribution in [3.8, 4) is 11.5 Å². The summed E-state index contributed by atoms with van der Waals surface area (Å²) in [5, 5.41) is 0. The maximum atomic E-state index is 5.80. The highest BCUT2D eigenvalue weighted by atomic mass is 79.9. The molecule has 1 aromatic heterocycles. The van der Waals surface area contributed by atoms with Gasteiger partial charge >= 0.3 is 0 Å². The molecule has 0 saturated carbocycles. The van der Waals surface area contributed by atoms with Gasteiger partial charge in [-0.3, -0.25) is 4.98 Å². The fourth-order valence-electron chi connectivity index (χ4n) is 1.76. The Morgan fingerprint density at radius 3 is 2.40 bits per heavy atom. The first-order valence-corrected chi connectivity index (χ1v) is 7.47. The summed E-state index contributed by atoms with van der Waals surface area (Å²) in [5.41, 5.74) is 8.10. The van der Waals surface area contributed by atoms with Crippen LogP contribution in [0.1, 0.15) is 11.4 Å². The van der Waals surface area contributed by atoms with E-state index in [2.05, 4.69) is 36.8 Å². The van der Waals surface area contributed by atoms with Gasteiger partial charge in [0.05, 0.1) is 21.7 Å². The molecule has 0 unspecified atom stereocenters. The summed E-state index contributed by atoms with van der Waals surface area (Å²) in [6.45, 7) is 2.26. The zero-order valence-corrected chi connectivity index (χ0v) is 14.3. The molecule has 1 aromatic carbocycles. The van der Waals surface area contributed by atoms with Crippen LogP contribution in [0.2, 0.25) is 0 Å². The van der Waals surface area contributed by atoms with Gasteiger partial charge in [-0.2, -0.15) is 0 Å². The highest BCUT2D eigenvalue weighted by Crippen LogP contribution is 2.36. The van der Waals surface area contributed by atoms with Crippen molar-refractivity contribution in [3.63, 3.8) is 0 Å². The topological polar surface area (TPSA) is 57.4 Å². The van der Waals surface area contributed by atoms with Gasteiger partial charge in [0.25, 0.3) is 0 Å². The molecule has 0 saturated heterocycles. The Labute approximate surface area is 134 Å². The molecule has 0 spiro atoms. The molecule has 4 nitrogen and oxygen atoms in total. The largest absolute Gasteiger partial charge is 0.497 e. The third-order valence-electron chi connectivity index (χ3n) is 2.60. The zero-order valence-electron chi connectivity index (χ0n) is 11.1. The van der Waals surface area contributed by atoms with E-state index < -0.39 is 0 Å². The van der Waals surface area contributed by atoms with Crippen molar-refractivity contribution in [2.45, 2.75) is 13.5 Å². The molecular weight excluding hydrogens is 388 g/mol. The van der Waals surface area contributed by atoms with Crippen LogP contribution >= 0.6 is 31.9 Å². The second-order valence-corrected chi connectivity index (χ2v) is 5.95. The van der Waals surface area contributed by atoms with Gasteiger partial charge in [0, 0.05) is 23.5 Å². The number of benzene rings is 1. The molecule has 2 rings (SSSR count). The highest BCUT2D eigenvalue weighted by molar-refractivity contribution is 9.11. The number of nitrogens with two attached hydrogens (primary N) is 1. The van der Waals surface area contributed by atoms with Crippen LogP contribution in [-0.2, 0) is 6.61 Å². The first-order valence-electron chi connectivity index (χ1n) is 5.88. The third kappa shape index (κ3) is 3.64. The number of pyridine rings is 1. The minimum atomic E-state index is 0.346. The van der Waals surface area contributed by atoms with Gasteiger partial charge in [-0.25, -0.2) is 0 Å². The SMILES string of the molecule is COc1cc(C)nc(COc2c(Br)cc(N)cc2Br)c1. The van der Waals surface area contributed by atoms with Gasteiger partial charge in [-0.1, -0.05) is 0 Å². The summed E-state index contributed by atoms with van der Waals surface area (Å²) in [7, 11) is 1.63. The number of aryl methyl sites for hydroxylation is 1. The van der Waals surface area contributed by atoms with E-state index in [9.17, 15) is 0 Å². The second-order valence-electron chi connectivity index (χ2n) is 4.24. The number of aromatic nitrogens is 1. The summed E-state index contributed by atoms with van der Waals surface area (Å²) in [5.74, 6) is 1.47. The predicted octanol–water partition coefficient (Wildman–Crippen LogP) is 4.08. The number of nitrogen functional groups attached to an aromatic ring is 1. The summed E-state index contributed by atoms with van der Waals surface area (Å²) < 4.78 is 12.6. The van der Waals surface area contributed by atoms with Crippen molar-refractivity contribution in [3.05, 3.63) is 44.6 Å². The monoisotopic (exact) mass is 400 g/mol. The van der Waals surface area contributed by atoms with E-state index in [1.807, 2.05) is 19.1 Å². The normalized spacial score (nSPS) is 10.4. The Morgan fingerprint density at radius 1 is 1.15 bits per heavy atom. The number of methoxy groups -OCH3 is 1. The molecule has 0 atom stereocenters. The molecule has 0 amide bonds. The highest BCUT2D eigenvalue weighted by Gasteiger charge is 2.09. The van der Waals surface area contributed by atoms with Crippen LogP contribution in [-0.4, -0.2) is 12.1 Å². The lowest BCUT2D eigenvalue weighted by molar-refractivity contribution is 0.296. The molecule has 6 heteroatoms. The van der Waals surface area contributed by atoms with Crippen molar-refractivity contribution in [1.82, 2.24) is 4.98 Å². The van der Waals surface area contributed by atoms with Gasteiger partial charge in [0.1, 0.15) is 18.1 Å². The molecule has 0 aliphatic heterocycles. The lowest BCUT2D eigenvalue weighted by Crippen LogP contribution is -2.02. The molecule has 0 aliphatic rings. The van der Waals surface area contributed by atoms with Crippen LogP contribution in [0.15, 0.2) is 33.2 Å². The van der Waals surface area contributed by atoms with Crippen LogP contribution in [0.5, 0.6) is 11.5 Å². The van der Waals surface area contributed by atoms with E-state index in [-0.39, 0.29) is 0 Å². The van der Waals surface area contributed by atoms with E-state index in [1.54, 1.807) is 19.2 Å². The fourth-order valence-corrected chi connectivity index (χ4v) is 3.21. The van der Waals surface area contributed by atoms with Gasteiger partial charge in [0.2, 0.25) is 0 Å². The molecule has 1 heterocycles. The lowest BCUT2D eigenvalue weighted by atomic mass is 10.3. The quantitative estimate of drug-likeness (QED) is 0.784. The number of hydrogen-bond donors (Lipinski definition) is 1. The number of ether oxygens (including phenoxy) is 2. The lowest BCUT2D eigenvalue weighted by Gasteiger charge is -2.12. The first kappa shape index (κ1) is 15.1. The zero-order chi connectivity index (χ0) is 14.7. The molecular formula is C14H14Br2N2O2. The van der Waals surface area contributed by atoms with Crippen molar-refractivity contribution in [2.24, 2.45) is 0 Å². The number of anilines is 1. The molecule has 0 fully saturated rings. The van der Waals surface area contributed by atoms with Gasteiger partial charge in [-0.15, -0.1) is 0 Å². The Bertz CT molecular complexity index is 610. The summed E-state index contributed by atoms with van der Waals surface area (Å²) in [4.78, 5) is 4.41. The second kappa shape index (κ2) is 6.45. The Morgan fingerprint density at radius 2 is 1.80 bits per heavy atom. The molecule has 20 heavy (non-hydrogen) atoms. The molecule has 0 radical (unpaired) electrons. The number of halogens is 2. The van der Waals surface area contributed by atoms with Crippen molar-refractivity contribution < 1.29 is 9.47 Å². The maximum absolute atomic E-state index is 5.80. The van der Waals surface area contributed by atoms with Gasteiger partial charge in [0.15, 0.2) is 0 Å². The smallest absolute Gasteiger partial charge is 0.148 e. The van der Waals surface area contributed by atoms with Crippen LogP contribution in [0.25, 0.3) is 0 Å². The number of hydrogen-bond acceptors (Lipinski definition) is 4. The van der Waals surface area contributed by atoms with Crippen LogP contribution in [0, 0.1) is 6.92 Å². The van der Waals surface area contributed by atoms with Crippen LogP contribution in [0.4, 0.5) is 5.69 Å². The van der Waals surface area contributed by atoms with Gasteiger partial charge < -0.3 is 15.2 Å². The first-order chi connectivity index (χ1) is 9.49. The Balaban J connectivity index is 2.19. The molecule has 0 bridgehead atoms. The standard InChI is InChI=1S/C14H14Br2N2O2/c1-8-3-11(19-2)6-10(18-8)7-20-14-12(15)4-9(17)5-13(14)16/h3-6H,7,17H2,1-2H3. The van der Waals surface area contributed by atoms with E-state index in [0.29, 0.717) is 18.0 Å². The van der Waals surface area contributed by atoms with Crippen molar-refractivity contribution >= 4 is 37.5 Å². The minimum absolute atomic E-state index is 0.346. The van der Waals surface area contributed by atoms with Gasteiger partial charge in [-0.05, 0) is 50.9 Å². The maximum Gasteiger partial charge on any atom is 0.148 e.